The minimum atomic E-state index is -3.89. The first-order valence-electron chi connectivity index (χ1n) is 17.5. The van der Waals surface area contributed by atoms with E-state index in [1.54, 1.807) is 49.4 Å². The molecule has 4 aromatic rings. The molecular weight excluding hydrogens is 706 g/mol. The van der Waals surface area contributed by atoms with Crippen molar-refractivity contribution in [3.05, 3.63) is 94.1 Å². The zero-order valence-electron chi connectivity index (χ0n) is 29.9. The van der Waals surface area contributed by atoms with Crippen molar-refractivity contribution >= 4 is 50.1 Å². The van der Waals surface area contributed by atoms with Gasteiger partial charge < -0.3 is 19.5 Å². The molecule has 13 heteroatoms. The number of likely N-dealkylation sites (tertiary alicyclic amines) is 1. The molecule has 0 aliphatic carbocycles. The van der Waals surface area contributed by atoms with Gasteiger partial charge in [0.2, 0.25) is 5.91 Å². The average molecular weight is 752 g/mol. The molecule has 0 saturated carbocycles. The molecule has 1 amide bonds. The van der Waals surface area contributed by atoms with E-state index in [-0.39, 0.29) is 18.9 Å². The quantitative estimate of drug-likeness (QED) is 0.112. The number of carbonyl (C=O) groups excluding carboxylic acids is 3. The molecular formula is C39H46ClN3O8S. The number of rotatable bonds is 16. The molecule has 1 unspecified atom stereocenters. The van der Waals surface area contributed by atoms with Gasteiger partial charge in [-0.3, -0.25) is 23.9 Å². The Morgan fingerprint density at radius 1 is 0.962 bits per heavy atom. The molecule has 0 spiro atoms. The SMILES string of the molecule is COc1ccc2c(c1)c(CC(=O)OC(C)CS(=O)(=O)CC(=O)NCCCOc1cccc(CN3CCCCC3)c1)c(C)n2C(=O)c1ccc(Cl)cc1. The zero-order chi connectivity index (χ0) is 37.3. The number of hydrogen-bond donors (Lipinski definition) is 1. The molecule has 1 atom stereocenters. The van der Waals surface area contributed by atoms with E-state index in [1.165, 1.54) is 43.4 Å². The van der Waals surface area contributed by atoms with Gasteiger partial charge in [-0.25, -0.2) is 8.42 Å². The van der Waals surface area contributed by atoms with Crippen LogP contribution < -0.4 is 14.8 Å². The van der Waals surface area contributed by atoms with Crippen molar-refractivity contribution in [3.63, 3.8) is 0 Å². The number of amides is 1. The number of nitrogens with one attached hydrogen (secondary N) is 1. The molecule has 1 saturated heterocycles. The number of fused-ring (bicyclic) bond motifs is 1. The predicted octanol–water partition coefficient (Wildman–Crippen LogP) is 5.76. The number of benzene rings is 3. The van der Waals surface area contributed by atoms with Gasteiger partial charge in [0, 0.05) is 34.8 Å². The number of esters is 1. The van der Waals surface area contributed by atoms with Crippen molar-refractivity contribution in [2.45, 2.75) is 58.6 Å². The second-order valence-corrected chi connectivity index (χ2v) is 15.7. The van der Waals surface area contributed by atoms with Crippen LogP contribution in [-0.2, 0) is 37.1 Å². The number of methoxy groups -OCH3 is 1. The molecule has 3 aromatic carbocycles. The number of aromatic nitrogens is 1. The largest absolute Gasteiger partial charge is 0.497 e. The molecule has 11 nitrogen and oxygen atoms in total. The summed E-state index contributed by atoms with van der Waals surface area (Å²) in [4.78, 5) is 41.6. The summed E-state index contributed by atoms with van der Waals surface area (Å²) in [5, 5.41) is 3.76. The molecule has 278 valence electrons. The van der Waals surface area contributed by atoms with Gasteiger partial charge in [0.05, 0.1) is 31.4 Å². The Bertz CT molecular complexity index is 1990. The van der Waals surface area contributed by atoms with Crippen LogP contribution >= 0.6 is 11.6 Å². The number of piperidine rings is 1. The Balaban J connectivity index is 1.09. The van der Waals surface area contributed by atoms with Gasteiger partial charge >= 0.3 is 5.97 Å². The molecule has 1 N–H and O–H groups in total. The van der Waals surface area contributed by atoms with Gasteiger partial charge in [0.25, 0.3) is 5.91 Å². The van der Waals surface area contributed by atoms with Crippen molar-refractivity contribution in [2.24, 2.45) is 0 Å². The van der Waals surface area contributed by atoms with Crippen LogP contribution in [0.15, 0.2) is 66.7 Å². The minimum Gasteiger partial charge on any atom is -0.497 e. The van der Waals surface area contributed by atoms with Crippen LogP contribution in [0.2, 0.25) is 5.02 Å². The van der Waals surface area contributed by atoms with Crippen molar-refractivity contribution in [1.82, 2.24) is 14.8 Å². The number of carbonyl (C=O) groups is 3. The maximum atomic E-state index is 13.6. The fourth-order valence-corrected chi connectivity index (χ4v) is 8.04. The molecule has 0 radical (unpaired) electrons. The maximum Gasteiger partial charge on any atom is 0.310 e. The highest BCUT2D eigenvalue weighted by molar-refractivity contribution is 7.92. The van der Waals surface area contributed by atoms with E-state index >= 15 is 0 Å². The van der Waals surface area contributed by atoms with Gasteiger partial charge in [-0.1, -0.05) is 30.2 Å². The summed E-state index contributed by atoms with van der Waals surface area (Å²) in [6.45, 7) is 6.95. The van der Waals surface area contributed by atoms with Gasteiger partial charge in [0.15, 0.2) is 9.84 Å². The van der Waals surface area contributed by atoms with Crippen molar-refractivity contribution in [2.75, 3.05) is 44.9 Å². The van der Waals surface area contributed by atoms with E-state index in [9.17, 15) is 22.8 Å². The lowest BCUT2D eigenvalue weighted by Crippen LogP contribution is -2.35. The van der Waals surface area contributed by atoms with E-state index in [2.05, 4.69) is 16.3 Å². The zero-order valence-corrected chi connectivity index (χ0v) is 31.4. The van der Waals surface area contributed by atoms with Crippen LogP contribution in [0.25, 0.3) is 10.9 Å². The lowest BCUT2D eigenvalue weighted by molar-refractivity contribution is -0.146. The highest BCUT2D eigenvalue weighted by atomic mass is 35.5. The summed E-state index contributed by atoms with van der Waals surface area (Å²) in [7, 11) is -2.37. The molecule has 1 aliphatic rings. The fraction of sp³-hybridized carbons (Fsp3) is 0.410. The lowest BCUT2D eigenvalue weighted by Gasteiger charge is -2.26. The van der Waals surface area contributed by atoms with Crippen molar-refractivity contribution in [3.8, 4) is 11.5 Å². The smallest absolute Gasteiger partial charge is 0.310 e. The summed E-state index contributed by atoms with van der Waals surface area (Å²) in [5.41, 5.74) is 3.26. The third kappa shape index (κ3) is 10.6. The van der Waals surface area contributed by atoms with Gasteiger partial charge in [-0.15, -0.1) is 0 Å². The van der Waals surface area contributed by atoms with E-state index in [0.29, 0.717) is 51.5 Å². The highest BCUT2D eigenvalue weighted by Crippen LogP contribution is 2.31. The van der Waals surface area contributed by atoms with Crippen LogP contribution in [0.3, 0.4) is 0 Å². The topological polar surface area (TPSA) is 133 Å². The van der Waals surface area contributed by atoms with E-state index < -0.39 is 39.3 Å². The average Bonchev–Trinajstić information content (AvgIpc) is 3.37. The summed E-state index contributed by atoms with van der Waals surface area (Å²) in [6.07, 6.45) is 3.04. The molecule has 5 rings (SSSR count). The highest BCUT2D eigenvalue weighted by Gasteiger charge is 2.26. The fourth-order valence-electron chi connectivity index (χ4n) is 6.51. The first-order valence-corrected chi connectivity index (χ1v) is 19.7. The molecule has 0 bridgehead atoms. The van der Waals surface area contributed by atoms with E-state index in [4.69, 9.17) is 25.8 Å². The van der Waals surface area contributed by atoms with Crippen LogP contribution in [0.1, 0.15) is 59.8 Å². The van der Waals surface area contributed by atoms with Crippen LogP contribution in [-0.4, -0.2) is 86.6 Å². The third-order valence-corrected chi connectivity index (χ3v) is 10.9. The number of hydrogen-bond acceptors (Lipinski definition) is 9. The molecule has 2 heterocycles. The monoisotopic (exact) mass is 751 g/mol. The third-order valence-electron chi connectivity index (χ3n) is 8.99. The first kappa shape index (κ1) is 38.8. The number of halogens is 1. The van der Waals surface area contributed by atoms with Crippen LogP contribution in [0, 0.1) is 6.92 Å². The maximum absolute atomic E-state index is 13.6. The van der Waals surface area contributed by atoms with Crippen LogP contribution in [0.5, 0.6) is 11.5 Å². The Kier molecular flexibility index (Phi) is 13.4. The Labute approximate surface area is 310 Å². The normalized spacial score (nSPS) is 14.2. The first-order chi connectivity index (χ1) is 24.9. The molecule has 1 aliphatic heterocycles. The van der Waals surface area contributed by atoms with E-state index in [0.717, 1.165) is 25.4 Å². The lowest BCUT2D eigenvalue weighted by atomic mass is 10.1. The van der Waals surface area contributed by atoms with Crippen molar-refractivity contribution < 1.29 is 37.0 Å². The summed E-state index contributed by atoms with van der Waals surface area (Å²) in [6, 6.07) is 19.7. The number of ether oxygens (including phenoxy) is 3. The summed E-state index contributed by atoms with van der Waals surface area (Å²) >= 11 is 6.02. The second-order valence-electron chi connectivity index (χ2n) is 13.2. The Morgan fingerprint density at radius 2 is 1.71 bits per heavy atom. The van der Waals surface area contributed by atoms with Gasteiger partial charge in [0.1, 0.15) is 23.4 Å². The number of nitrogens with zero attached hydrogens (tertiary/aromatic N) is 2. The standard InChI is InChI=1S/C39H46ClN3O8S/c1-27(25-52(47,48)26-37(44)41-17-8-20-50-33-10-7-9-29(21-33)24-42-18-5-4-6-19-42)51-38(45)23-34-28(2)43(36-16-15-32(49-3)22-35(34)36)39(46)30-11-13-31(40)14-12-30/h7,9-16,21-22,27H,4-6,8,17-20,23-26H2,1-3H3,(H,41,44). The second kappa shape index (κ2) is 17.9. The van der Waals surface area contributed by atoms with E-state index in [1.807, 2.05) is 18.2 Å². The molecule has 1 aromatic heterocycles. The predicted molar refractivity (Wildman–Crippen MR) is 201 cm³/mol. The Hall–Kier alpha value is -4.39. The van der Waals surface area contributed by atoms with Crippen LogP contribution in [0.4, 0.5) is 0 Å². The number of sulfone groups is 1. The summed E-state index contributed by atoms with van der Waals surface area (Å²) < 4.78 is 43.9. The summed E-state index contributed by atoms with van der Waals surface area (Å²) in [5.74, 6) is -1.56. The minimum absolute atomic E-state index is 0.216. The van der Waals surface area contributed by atoms with Gasteiger partial charge in [-0.05, 0) is 112 Å². The van der Waals surface area contributed by atoms with Crippen molar-refractivity contribution in [1.29, 1.82) is 0 Å². The molecule has 1 fully saturated rings. The molecule has 52 heavy (non-hydrogen) atoms. The Morgan fingerprint density at radius 3 is 2.44 bits per heavy atom. The van der Waals surface area contributed by atoms with Gasteiger partial charge in [-0.2, -0.15) is 0 Å².